The van der Waals surface area contributed by atoms with E-state index in [-0.39, 0.29) is 17.7 Å². The van der Waals surface area contributed by atoms with E-state index in [0.29, 0.717) is 17.1 Å². The maximum Gasteiger partial charge on any atom is 0.284 e. The van der Waals surface area contributed by atoms with Gasteiger partial charge >= 0.3 is 0 Å². The smallest absolute Gasteiger partial charge is 0.284 e. The molecule has 1 amide bonds. The van der Waals surface area contributed by atoms with Crippen molar-refractivity contribution in [1.82, 2.24) is 24.5 Å². The number of carbonyl (C=O) groups is 1. The van der Waals surface area contributed by atoms with Crippen molar-refractivity contribution in [1.29, 1.82) is 0 Å². The third kappa shape index (κ3) is 3.68. The Bertz CT molecular complexity index is 1250. The highest BCUT2D eigenvalue weighted by molar-refractivity contribution is 5.90. The molecule has 4 aromatic rings. The zero-order chi connectivity index (χ0) is 20.4. The number of hydrogen-bond donors (Lipinski definition) is 1. The van der Waals surface area contributed by atoms with Crippen molar-refractivity contribution in [3.05, 3.63) is 71.0 Å². The van der Waals surface area contributed by atoms with Crippen LogP contribution < -0.4 is 15.6 Å². The Morgan fingerprint density at radius 3 is 2.76 bits per heavy atom. The maximum absolute atomic E-state index is 13.1. The van der Waals surface area contributed by atoms with Gasteiger partial charge in [-0.2, -0.15) is 4.68 Å². The summed E-state index contributed by atoms with van der Waals surface area (Å²) in [5.74, 6) is -0.205. The number of methoxy groups -OCH3 is 1. The van der Waals surface area contributed by atoms with Crippen LogP contribution in [0.15, 0.2) is 59.7 Å². The van der Waals surface area contributed by atoms with E-state index < -0.39 is 17.3 Å². The fourth-order valence-corrected chi connectivity index (χ4v) is 2.77. The minimum atomic E-state index is -0.510. The largest absolute Gasteiger partial charge is 0.497 e. The molecule has 4 rings (SSSR count). The number of rotatable bonds is 5. The summed E-state index contributed by atoms with van der Waals surface area (Å²) in [5, 5.41) is 10.5. The van der Waals surface area contributed by atoms with Crippen molar-refractivity contribution < 1.29 is 13.9 Å². The normalized spacial score (nSPS) is 10.8. The molecular formula is C19H15FN6O3. The molecule has 0 fully saturated rings. The number of anilines is 1. The fourth-order valence-electron chi connectivity index (χ4n) is 2.77. The molecule has 0 aliphatic heterocycles. The van der Waals surface area contributed by atoms with E-state index in [1.807, 2.05) is 0 Å². The Hall–Kier alpha value is -4.08. The highest BCUT2D eigenvalue weighted by Crippen LogP contribution is 2.17. The lowest BCUT2D eigenvalue weighted by atomic mass is 10.3. The second-order valence-corrected chi connectivity index (χ2v) is 6.11. The molecule has 146 valence electrons. The van der Waals surface area contributed by atoms with E-state index in [1.165, 1.54) is 42.4 Å². The number of nitrogens with one attached hydrogen (secondary N) is 1. The van der Waals surface area contributed by atoms with Gasteiger partial charge in [0.15, 0.2) is 11.2 Å². The van der Waals surface area contributed by atoms with Crippen LogP contribution in [0.4, 0.5) is 10.1 Å². The Morgan fingerprint density at radius 2 is 2.00 bits per heavy atom. The number of amides is 1. The molecule has 0 unspecified atom stereocenters. The van der Waals surface area contributed by atoms with Gasteiger partial charge < -0.3 is 10.1 Å². The molecule has 2 aromatic carbocycles. The van der Waals surface area contributed by atoms with Crippen LogP contribution in [0.2, 0.25) is 0 Å². The number of aromatic nitrogens is 5. The Morgan fingerprint density at radius 1 is 1.21 bits per heavy atom. The molecular weight excluding hydrogens is 379 g/mol. The van der Waals surface area contributed by atoms with Crippen molar-refractivity contribution in [3.8, 4) is 11.4 Å². The third-order valence-corrected chi connectivity index (χ3v) is 4.17. The van der Waals surface area contributed by atoms with Gasteiger partial charge in [-0.05, 0) is 36.4 Å². The summed E-state index contributed by atoms with van der Waals surface area (Å²) in [5.41, 5.74) is 0.759. The van der Waals surface area contributed by atoms with Crippen LogP contribution in [0.5, 0.6) is 5.75 Å². The summed E-state index contributed by atoms with van der Waals surface area (Å²) in [6.07, 6.45) is 1.25. The first-order valence-corrected chi connectivity index (χ1v) is 8.56. The third-order valence-electron chi connectivity index (χ3n) is 4.17. The molecule has 0 atom stereocenters. The van der Waals surface area contributed by atoms with Gasteiger partial charge in [0.2, 0.25) is 5.91 Å². The number of hydrogen-bond acceptors (Lipinski definition) is 6. The summed E-state index contributed by atoms with van der Waals surface area (Å²) >= 11 is 0. The second-order valence-electron chi connectivity index (χ2n) is 6.11. The number of ether oxygens (including phenoxy) is 1. The van der Waals surface area contributed by atoms with E-state index in [9.17, 15) is 14.0 Å². The molecule has 2 aromatic heterocycles. The minimum Gasteiger partial charge on any atom is -0.497 e. The lowest BCUT2D eigenvalue weighted by molar-refractivity contribution is -0.116. The van der Waals surface area contributed by atoms with E-state index in [2.05, 4.69) is 20.6 Å². The Labute approximate surface area is 163 Å². The predicted octanol–water partition coefficient (Wildman–Crippen LogP) is 1.76. The number of nitrogens with zero attached hydrogens (tertiary/aromatic N) is 5. The van der Waals surface area contributed by atoms with E-state index in [1.54, 1.807) is 24.3 Å². The second kappa shape index (κ2) is 7.50. The topological polar surface area (TPSA) is 104 Å². The summed E-state index contributed by atoms with van der Waals surface area (Å²) in [4.78, 5) is 29.2. The quantitative estimate of drug-likeness (QED) is 0.553. The van der Waals surface area contributed by atoms with Crippen LogP contribution in [0.1, 0.15) is 0 Å². The molecule has 2 heterocycles. The minimum absolute atomic E-state index is 0.00556. The monoisotopic (exact) mass is 394 g/mol. The number of benzene rings is 2. The summed E-state index contributed by atoms with van der Waals surface area (Å²) in [7, 11) is 1.53. The molecule has 0 spiro atoms. The van der Waals surface area contributed by atoms with Crippen LogP contribution in [0, 0.1) is 5.82 Å². The van der Waals surface area contributed by atoms with Gasteiger partial charge in [-0.1, -0.05) is 11.3 Å². The molecule has 9 nitrogen and oxygen atoms in total. The first-order chi connectivity index (χ1) is 14.0. The fraction of sp³-hybridized carbons (Fsp3) is 0.105. The van der Waals surface area contributed by atoms with Gasteiger partial charge in [0, 0.05) is 11.8 Å². The average molecular weight is 394 g/mol. The van der Waals surface area contributed by atoms with Gasteiger partial charge in [0.1, 0.15) is 24.4 Å². The zero-order valence-electron chi connectivity index (χ0n) is 15.2. The van der Waals surface area contributed by atoms with Gasteiger partial charge in [0.05, 0.1) is 12.8 Å². The average Bonchev–Trinajstić information content (AvgIpc) is 3.15. The predicted molar refractivity (Wildman–Crippen MR) is 103 cm³/mol. The Kier molecular flexibility index (Phi) is 4.73. The zero-order valence-corrected chi connectivity index (χ0v) is 15.2. The first-order valence-electron chi connectivity index (χ1n) is 8.56. The Balaban J connectivity index is 1.58. The van der Waals surface area contributed by atoms with Crippen LogP contribution in [0.3, 0.4) is 0 Å². The molecule has 0 bridgehead atoms. The van der Waals surface area contributed by atoms with Crippen molar-refractivity contribution in [2.45, 2.75) is 6.54 Å². The van der Waals surface area contributed by atoms with E-state index in [4.69, 9.17) is 4.74 Å². The van der Waals surface area contributed by atoms with Crippen molar-refractivity contribution in [3.63, 3.8) is 0 Å². The molecule has 29 heavy (non-hydrogen) atoms. The van der Waals surface area contributed by atoms with Crippen LogP contribution in [0.25, 0.3) is 16.9 Å². The number of fused-ring (bicyclic) bond motifs is 1. The molecule has 0 saturated carbocycles. The SMILES string of the molecule is COc1cccc(NC(=O)Cn2cnc3c(nnn3-c3ccc(F)cc3)c2=O)c1. The first kappa shape index (κ1) is 18.3. The summed E-state index contributed by atoms with van der Waals surface area (Å²) in [6, 6.07) is 12.4. The number of carbonyl (C=O) groups excluding carboxylic acids is 1. The number of halogens is 1. The van der Waals surface area contributed by atoms with Crippen LogP contribution in [-0.2, 0) is 11.3 Å². The molecule has 0 aliphatic rings. The van der Waals surface area contributed by atoms with E-state index in [0.717, 1.165) is 4.57 Å². The van der Waals surface area contributed by atoms with E-state index >= 15 is 0 Å². The van der Waals surface area contributed by atoms with Gasteiger partial charge in [-0.3, -0.25) is 14.2 Å². The van der Waals surface area contributed by atoms with Gasteiger partial charge in [-0.25, -0.2) is 9.37 Å². The molecule has 10 heteroatoms. The summed E-state index contributed by atoms with van der Waals surface area (Å²) < 4.78 is 20.7. The van der Waals surface area contributed by atoms with Gasteiger partial charge in [0.25, 0.3) is 5.56 Å². The molecule has 0 radical (unpaired) electrons. The van der Waals surface area contributed by atoms with Crippen LogP contribution >= 0.6 is 0 Å². The van der Waals surface area contributed by atoms with Crippen molar-refractivity contribution in [2.75, 3.05) is 12.4 Å². The van der Waals surface area contributed by atoms with Gasteiger partial charge in [-0.15, -0.1) is 5.10 Å². The molecule has 1 N–H and O–H groups in total. The molecule has 0 aliphatic carbocycles. The lowest BCUT2D eigenvalue weighted by Gasteiger charge is -2.08. The summed E-state index contributed by atoms with van der Waals surface area (Å²) in [6.45, 7) is -0.248. The molecule has 0 saturated heterocycles. The van der Waals surface area contributed by atoms with Crippen molar-refractivity contribution >= 4 is 22.8 Å². The lowest BCUT2D eigenvalue weighted by Crippen LogP contribution is -2.28. The highest BCUT2D eigenvalue weighted by Gasteiger charge is 2.15. The maximum atomic E-state index is 13.1. The van der Waals surface area contributed by atoms with Crippen LogP contribution in [-0.4, -0.2) is 37.6 Å². The highest BCUT2D eigenvalue weighted by atomic mass is 19.1. The standard InChI is InChI=1S/C19H15FN6O3/c1-29-15-4-2-3-13(9-15)22-16(27)10-25-11-21-18-17(19(25)28)23-24-26(18)14-7-5-12(20)6-8-14/h2-9,11H,10H2,1H3,(H,22,27). The van der Waals surface area contributed by atoms with Crippen molar-refractivity contribution in [2.24, 2.45) is 0 Å².